The number of nitrogens with zero attached hydrogens (tertiary/aromatic N) is 3. The molecule has 0 spiro atoms. The molecular weight excluding hydrogens is 224 g/mol. The summed E-state index contributed by atoms with van der Waals surface area (Å²) in [6.45, 7) is 0.387. The predicted molar refractivity (Wildman–Crippen MR) is 59.1 cm³/mol. The average molecular weight is 234 g/mol. The number of rotatable bonds is 4. The quantitative estimate of drug-likeness (QED) is 0.627. The zero-order chi connectivity index (χ0) is 12.3. The first-order valence-corrected chi connectivity index (χ1v) is 4.99. The minimum absolute atomic E-state index is 0.0485. The van der Waals surface area contributed by atoms with Crippen molar-refractivity contribution in [1.29, 1.82) is 0 Å². The van der Waals surface area contributed by atoms with Gasteiger partial charge in [-0.15, -0.1) is 0 Å². The van der Waals surface area contributed by atoms with Crippen LogP contribution < -0.4 is 5.73 Å². The standard InChI is InChI=1S/C10H10N4O3/c11-6-5-9-12-10(13-17-9)7-3-1-2-4-8(7)14(15)16/h1-4H,5-6,11H2. The molecule has 7 heteroatoms. The summed E-state index contributed by atoms with van der Waals surface area (Å²) in [4.78, 5) is 14.4. The van der Waals surface area contributed by atoms with Gasteiger partial charge in [0.15, 0.2) is 0 Å². The van der Waals surface area contributed by atoms with E-state index in [4.69, 9.17) is 10.3 Å². The van der Waals surface area contributed by atoms with Gasteiger partial charge in [0.2, 0.25) is 11.7 Å². The average Bonchev–Trinajstić information content (AvgIpc) is 2.78. The van der Waals surface area contributed by atoms with Gasteiger partial charge in [-0.25, -0.2) is 0 Å². The van der Waals surface area contributed by atoms with Gasteiger partial charge < -0.3 is 10.3 Å². The van der Waals surface area contributed by atoms with Crippen LogP contribution in [-0.2, 0) is 6.42 Å². The lowest BCUT2D eigenvalue weighted by atomic mass is 10.2. The summed E-state index contributed by atoms with van der Waals surface area (Å²) in [6, 6.07) is 6.24. The van der Waals surface area contributed by atoms with Gasteiger partial charge in [-0.3, -0.25) is 10.1 Å². The summed E-state index contributed by atoms with van der Waals surface area (Å²) in [5.74, 6) is 0.585. The Bertz CT molecular complexity index is 538. The molecule has 0 fully saturated rings. The van der Waals surface area contributed by atoms with Crippen molar-refractivity contribution >= 4 is 5.69 Å². The van der Waals surface area contributed by atoms with E-state index in [-0.39, 0.29) is 11.5 Å². The lowest BCUT2D eigenvalue weighted by Crippen LogP contribution is -2.02. The normalized spacial score (nSPS) is 10.4. The Morgan fingerprint density at radius 1 is 1.41 bits per heavy atom. The highest BCUT2D eigenvalue weighted by Gasteiger charge is 2.18. The summed E-state index contributed by atoms with van der Waals surface area (Å²) in [5.41, 5.74) is 5.64. The van der Waals surface area contributed by atoms with Crippen molar-refractivity contribution in [2.24, 2.45) is 5.73 Å². The number of hydrogen-bond donors (Lipinski definition) is 1. The van der Waals surface area contributed by atoms with Crippen LogP contribution in [-0.4, -0.2) is 21.6 Å². The molecule has 0 aliphatic carbocycles. The smallest absolute Gasteiger partial charge is 0.280 e. The van der Waals surface area contributed by atoms with Crippen LogP contribution in [0.25, 0.3) is 11.4 Å². The molecule has 2 N–H and O–H groups in total. The molecule has 0 unspecified atom stereocenters. The van der Waals surface area contributed by atoms with E-state index in [1.54, 1.807) is 18.2 Å². The Morgan fingerprint density at radius 2 is 2.18 bits per heavy atom. The highest BCUT2D eigenvalue weighted by molar-refractivity contribution is 5.67. The molecule has 0 saturated heterocycles. The lowest BCUT2D eigenvalue weighted by Gasteiger charge is -1.96. The molecule has 2 rings (SSSR count). The van der Waals surface area contributed by atoms with Gasteiger partial charge in [0.25, 0.3) is 5.69 Å². The van der Waals surface area contributed by atoms with E-state index < -0.39 is 4.92 Å². The number of aromatic nitrogens is 2. The predicted octanol–water partition coefficient (Wildman–Crippen LogP) is 1.15. The summed E-state index contributed by atoms with van der Waals surface area (Å²) >= 11 is 0. The van der Waals surface area contributed by atoms with Crippen molar-refractivity contribution in [2.75, 3.05) is 6.54 Å². The van der Waals surface area contributed by atoms with Crippen LogP contribution in [0.5, 0.6) is 0 Å². The SMILES string of the molecule is NCCc1nc(-c2ccccc2[N+](=O)[O-])no1. The number of nitro benzene ring substituents is 1. The highest BCUT2D eigenvalue weighted by atomic mass is 16.6. The van der Waals surface area contributed by atoms with E-state index in [1.165, 1.54) is 6.07 Å². The van der Waals surface area contributed by atoms with Gasteiger partial charge in [-0.1, -0.05) is 17.3 Å². The van der Waals surface area contributed by atoms with Gasteiger partial charge in [-0.2, -0.15) is 4.98 Å². The van der Waals surface area contributed by atoms with Crippen molar-refractivity contribution in [3.63, 3.8) is 0 Å². The topological polar surface area (TPSA) is 108 Å². The number of para-hydroxylation sites is 1. The molecule has 0 bridgehead atoms. The molecule has 88 valence electrons. The van der Waals surface area contributed by atoms with Crippen molar-refractivity contribution < 1.29 is 9.45 Å². The molecular formula is C10H10N4O3. The second-order valence-corrected chi connectivity index (χ2v) is 3.32. The Hall–Kier alpha value is -2.28. The summed E-state index contributed by atoms with van der Waals surface area (Å²) in [6.07, 6.45) is 0.452. The summed E-state index contributed by atoms with van der Waals surface area (Å²) in [7, 11) is 0. The summed E-state index contributed by atoms with van der Waals surface area (Å²) < 4.78 is 4.93. The molecule has 0 aliphatic rings. The van der Waals surface area contributed by atoms with Crippen LogP contribution in [0.3, 0.4) is 0 Å². The second-order valence-electron chi connectivity index (χ2n) is 3.32. The molecule has 0 atom stereocenters. The minimum atomic E-state index is -0.478. The van der Waals surface area contributed by atoms with Crippen molar-refractivity contribution in [3.8, 4) is 11.4 Å². The fourth-order valence-corrected chi connectivity index (χ4v) is 1.41. The molecule has 1 aromatic carbocycles. The maximum Gasteiger partial charge on any atom is 0.280 e. The van der Waals surface area contributed by atoms with Crippen LogP contribution >= 0.6 is 0 Å². The van der Waals surface area contributed by atoms with E-state index in [9.17, 15) is 10.1 Å². The monoisotopic (exact) mass is 234 g/mol. The number of nitro groups is 1. The third kappa shape index (κ3) is 2.28. The van der Waals surface area contributed by atoms with Gasteiger partial charge in [-0.05, 0) is 6.07 Å². The number of benzene rings is 1. The molecule has 0 radical (unpaired) electrons. The number of nitrogens with two attached hydrogens (primary N) is 1. The minimum Gasteiger partial charge on any atom is -0.339 e. The van der Waals surface area contributed by atoms with Crippen LogP contribution in [0, 0.1) is 10.1 Å². The summed E-state index contributed by atoms with van der Waals surface area (Å²) in [5, 5.41) is 14.5. The fourth-order valence-electron chi connectivity index (χ4n) is 1.41. The highest BCUT2D eigenvalue weighted by Crippen LogP contribution is 2.26. The Labute approximate surface area is 96.4 Å². The second kappa shape index (κ2) is 4.71. The largest absolute Gasteiger partial charge is 0.339 e. The van der Waals surface area contributed by atoms with E-state index in [1.807, 2.05) is 0 Å². The van der Waals surface area contributed by atoms with Crippen LogP contribution in [0.4, 0.5) is 5.69 Å². The zero-order valence-electron chi connectivity index (χ0n) is 8.87. The third-order valence-electron chi connectivity index (χ3n) is 2.17. The van der Waals surface area contributed by atoms with Gasteiger partial charge in [0.1, 0.15) is 5.56 Å². The van der Waals surface area contributed by atoms with Crippen LogP contribution in [0.1, 0.15) is 5.89 Å². The molecule has 7 nitrogen and oxygen atoms in total. The molecule has 17 heavy (non-hydrogen) atoms. The first-order chi connectivity index (χ1) is 8.22. The maximum absolute atomic E-state index is 10.8. The molecule has 0 aliphatic heterocycles. The first-order valence-electron chi connectivity index (χ1n) is 4.99. The van der Waals surface area contributed by atoms with Crippen molar-refractivity contribution in [2.45, 2.75) is 6.42 Å². The van der Waals surface area contributed by atoms with Gasteiger partial charge in [0.05, 0.1) is 4.92 Å². The van der Waals surface area contributed by atoms with E-state index in [0.29, 0.717) is 24.4 Å². The van der Waals surface area contributed by atoms with E-state index in [0.717, 1.165) is 0 Å². The molecule has 1 aromatic heterocycles. The van der Waals surface area contributed by atoms with Crippen LogP contribution in [0.2, 0.25) is 0 Å². The van der Waals surface area contributed by atoms with Gasteiger partial charge >= 0.3 is 0 Å². The maximum atomic E-state index is 10.8. The Balaban J connectivity index is 2.41. The lowest BCUT2D eigenvalue weighted by molar-refractivity contribution is -0.384. The van der Waals surface area contributed by atoms with E-state index in [2.05, 4.69) is 10.1 Å². The van der Waals surface area contributed by atoms with E-state index >= 15 is 0 Å². The fraction of sp³-hybridized carbons (Fsp3) is 0.200. The molecule has 0 saturated carbocycles. The van der Waals surface area contributed by atoms with Crippen molar-refractivity contribution in [3.05, 3.63) is 40.3 Å². The molecule has 1 heterocycles. The molecule has 2 aromatic rings. The molecule has 0 amide bonds. The van der Waals surface area contributed by atoms with Crippen molar-refractivity contribution in [1.82, 2.24) is 10.1 Å². The first kappa shape index (κ1) is 11.2. The zero-order valence-corrected chi connectivity index (χ0v) is 8.87. The number of hydrogen-bond acceptors (Lipinski definition) is 6. The van der Waals surface area contributed by atoms with Crippen LogP contribution in [0.15, 0.2) is 28.8 Å². The Morgan fingerprint density at radius 3 is 2.88 bits per heavy atom. The van der Waals surface area contributed by atoms with Gasteiger partial charge in [0, 0.05) is 19.0 Å². The third-order valence-corrected chi connectivity index (χ3v) is 2.17. The Kier molecular flexibility index (Phi) is 3.10.